The molecule has 1 aliphatic rings. The summed E-state index contributed by atoms with van der Waals surface area (Å²) < 4.78 is 5.53. The highest BCUT2D eigenvalue weighted by molar-refractivity contribution is 5.94. The molecule has 0 radical (unpaired) electrons. The first kappa shape index (κ1) is 24.1. The van der Waals surface area contributed by atoms with Crippen molar-refractivity contribution in [2.24, 2.45) is 5.92 Å². The van der Waals surface area contributed by atoms with Crippen molar-refractivity contribution in [1.82, 2.24) is 20.3 Å². The number of nitrogens with one attached hydrogen (secondary N) is 4. The quantitative estimate of drug-likeness (QED) is 0.311. The van der Waals surface area contributed by atoms with Crippen LogP contribution in [0.3, 0.4) is 0 Å². The van der Waals surface area contributed by atoms with Crippen LogP contribution in [0.2, 0.25) is 0 Å². The van der Waals surface area contributed by atoms with Crippen molar-refractivity contribution in [3.63, 3.8) is 0 Å². The van der Waals surface area contributed by atoms with Crippen LogP contribution in [-0.2, 0) is 0 Å². The van der Waals surface area contributed by atoms with E-state index in [-0.39, 0.29) is 11.8 Å². The number of benzene rings is 1. The van der Waals surface area contributed by atoms with E-state index in [0.717, 1.165) is 40.7 Å². The first-order valence-electron chi connectivity index (χ1n) is 11.7. The standard InChI is InChI=1S/C26H31N7O2/c1-16(21-7-6-18(26(34)28-2)9-23(21)35-3)12-29-24-10-22(32-15-33-24)20-8-19(11-27)25(31-14-20)30-13-17-4-5-17/h6-11,14-17,27H,4-5,12-13H2,1-3H3,(H,28,34)(H,30,31)(H,29,32,33). The summed E-state index contributed by atoms with van der Waals surface area (Å²) in [4.78, 5) is 25.2. The number of ether oxygens (including phenoxy) is 1. The lowest BCUT2D eigenvalue weighted by atomic mass is 9.98. The van der Waals surface area contributed by atoms with Crippen molar-refractivity contribution in [3.05, 3.63) is 59.5 Å². The van der Waals surface area contributed by atoms with Crippen molar-refractivity contribution in [3.8, 4) is 17.0 Å². The third-order valence-corrected chi connectivity index (χ3v) is 6.13. The van der Waals surface area contributed by atoms with E-state index in [1.807, 2.05) is 18.2 Å². The van der Waals surface area contributed by atoms with Gasteiger partial charge >= 0.3 is 0 Å². The fraction of sp³-hybridized carbons (Fsp3) is 0.346. The van der Waals surface area contributed by atoms with Crippen LogP contribution in [0.5, 0.6) is 5.75 Å². The van der Waals surface area contributed by atoms with E-state index in [9.17, 15) is 4.79 Å². The van der Waals surface area contributed by atoms with E-state index >= 15 is 0 Å². The van der Waals surface area contributed by atoms with E-state index in [4.69, 9.17) is 10.1 Å². The Morgan fingerprint density at radius 1 is 1.20 bits per heavy atom. The fourth-order valence-electron chi connectivity index (χ4n) is 3.83. The van der Waals surface area contributed by atoms with E-state index < -0.39 is 0 Å². The number of methoxy groups -OCH3 is 1. The van der Waals surface area contributed by atoms with Crippen LogP contribution in [-0.4, -0.2) is 54.3 Å². The summed E-state index contributed by atoms with van der Waals surface area (Å²) in [6.07, 6.45) is 7.12. The van der Waals surface area contributed by atoms with Gasteiger partial charge in [-0.15, -0.1) is 0 Å². The lowest BCUT2D eigenvalue weighted by Gasteiger charge is -2.18. The van der Waals surface area contributed by atoms with Crippen molar-refractivity contribution in [2.75, 3.05) is 37.9 Å². The van der Waals surface area contributed by atoms with Gasteiger partial charge in [0, 0.05) is 61.2 Å². The molecule has 35 heavy (non-hydrogen) atoms. The molecule has 0 bridgehead atoms. The van der Waals surface area contributed by atoms with Crippen LogP contribution < -0.4 is 20.7 Å². The highest BCUT2D eigenvalue weighted by atomic mass is 16.5. The third-order valence-electron chi connectivity index (χ3n) is 6.13. The molecule has 0 saturated heterocycles. The summed E-state index contributed by atoms with van der Waals surface area (Å²) in [5.41, 5.74) is 3.84. The monoisotopic (exact) mass is 473 g/mol. The number of anilines is 2. The highest BCUT2D eigenvalue weighted by Crippen LogP contribution is 2.30. The van der Waals surface area contributed by atoms with Gasteiger partial charge in [0.25, 0.3) is 5.91 Å². The van der Waals surface area contributed by atoms with Crippen LogP contribution in [0.4, 0.5) is 11.6 Å². The molecule has 1 unspecified atom stereocenters. The van der Waals surface area contributed by atoms with Crippen LogP contribution in [0.1, 0.15) is 47.2 Å². The second kappa shape index (κ2) is 10.9. The number of amides is 1. The van der Waals surface area contributed by atoms with Crippen molar-refractivity contribution in [1.29, 1.82) is 5.41 Å². The molecular formula is C26H31N7O2. The number of hydrogen-bond acceptors (Lipinski definition) is 8. The highest BCUT2D eigenvalue weighted by Gasteiger charge is 2.21. The molecule has 9 heteroatoms. The van der Waals surface area contributed by atoms with E-state index in [2.05, 4.69) is 37.8 Å². The normalized spacial score (nSPS) is 13.6. The molecule has 1 atom stereocenters. The molecule has 9 nitrogen and oxygen atoms in total. The molecule has 2 heterocycles. The number of aromatic nitrogens is 3. The van der Waals surface area contributed by atoms with Crippen LogP contribution >= 0.6 is 0 Å². The summed E-state index contributed by atoms with van der Waals surface area (Å²) in [5, 5.41) is 17.1. The molecule has 1 saturated carbocycles. The molecule has 0 aliphatic heterocycles. The summed E-state index contributed by atoms with van der Waals surface area (Å²) in [5.74, 6) is 2.76. The minimum atomic E-state index is -0.151. The van der Waals surface area contributed by atoms with Crippen molar-refractivity contribution < 1.29 is 9.53 Å². The topological polar surface area (TPSA) is 125 Å². The second-order valence-electron chi connectivity index (χ2n) is 8.74. The summed E-state index contributed by atoms with van der Waals surface area (Å²) in [6, 6.07) is 9.27. The minimum Gasteiger partial charge on any atom is -0.496 e. The van der Waals surface area contributed by atoms with E-state index in [1.165, 1.54) is 25.4 Å². The van der Waals surface area contributed by atoms with Gasteiger partial charge in [0.2, 0.25) is 0 Å². The molecule has 1 amide bonds. The Bertz CT molecular complexity index is 1210. The second-order valence-corrected chi connectivity index (χ2v) is 8.74. The van der Waals surface area contributed by atoms with Gasteiger partial charge in [-0.1, -0.05) is 13.0 Å². The molecule has 1 aromatic carbocycles. The van der Waals surface area contributed by atoms with Gasteiger partial charge in [-0.25, -0.2) is 15.0 Å². The average molecular weight is 474 g/mol. The first-order chi connectivity index (χ1) is 17.0. The predicted octanol–water partition coefficient (Wildman–Crippen LogP) is 3.94. The summed E-state index contributed by atoms with van der Waals surface area (Å²) in [7, 11) is 3.21. The number of pyridine rings is 1. The van der Waals surface area contributed by atoms with Gasteiger partial charge < -0.3 is 26.1 Å². The number of rotatable bonds is 11. The van der Waals surface area contributed by atoms with Gasteiger partial charge in [-0.05, 0) is 42.5 Å². The average Bonchev–Trinajstić information content (AvgIpc) is 3.74. The first-order valence-corrected chi connectivity index (χ1v) is 11.7. The largest absolute Gasteiger partial charge is 0.496 e. The minimum absolute atomic E-state index is 0.102. The Hall–Kier alpha value is -4.01. The SMILES string of the molecule is CNC(=O)c1ccc(C(C)CNc2cc(-c3cnc(NCC4CC4)c(C=N)c3)ncn2)c(OC)c1. The van der Waals surface area contributed by atoms with Gasteiger partial charge in [0.15, 0.2) is 0 Å². The van der Waals surface area contributed by atoms with Gasteiger partial charge in [-0.2, -0.15) is 0 Å². The zero-order valence-corrected chi connectivity index (χ0v) is 20.3. The molecule has 4 N–H and O–H groups in total. The maximum absolute atomic E-state index is 11.9. The van der Waals surface area contributed by atoms with Crippen LogP contribution in [0, 0.1) is 11.3 Å². The Kier molecular flexibility index (Phi) is 7.54. The predicted molar refractivity (Wildman–Crippen MR) is 138 cm³/mol. The van der Waals surface area contributed by atoms with Crippen molar-refractivity contribution in [2.45, 2.75) is 25.7 Å². The Morgan fingerprint density at radius 2 is 2.03 bits per heavy atom. The fourth-order valence-corrected chi connectivity index (χ4v) is 3.83. The zero-order chi connectivity index (χ0) is 24.8. The number of hydrogen-bond donors (Lipinski definition) is 4. The summed E-state index contributed by atoms with van der Waals surface area (Å²) >= 11 is 0. The molecule has 0 spiro atoms. The lowest BCUT2D eigenvalue weighted by Crippen LogP contribution is -2.18. The van der Waals surface area contributed by atoms with Gasteiger partial charge in [0.05, 0.1) is 12.8 Å². The maximum atomic E-state index is 11.9. The Labute approximate surface area is 205 Å². The smallest absolute Gasteiger partial charge is 0.251 e. The molecule has 4 rings (SSSR count). The van der Waals surface area contributed by atoms with Crippen LogP contribution in [0.25, 0.3) is 11.3 Å². The number of carbonyl (C=O) groups excluding carboxylic acids is 1. The third kappa shape index (κ3) is 5.92. The van der Waals surface area contributed by atoms with Gasteiger partial charge in [0.1, 0.15) is 23.7 Å². The van der Waals surface area contributed by atoms with E-state index in [1.54, 1.807) is 32.5 Å². The molecule has 3 aromatic rings. The Balaban J connectivity index is 1.45. The van der Waals surface area contributed by atoms with Gasteiger partial charge in [-0.3, -0.25) is 4.79 Å². The molecule has 182 valence electrons. The Morgan fingerprint density at radius 3 is 2.74 bits per heavy atom. The lowest BCUT2D eigenvalue weighted by molar-refractivity contribution is 0.0962. The molecule has 1 aliphatic carbocycles. The van der Waals surface area contributed by atoms with Crippen molar-refractivity contribution >= 4 is 23.8 Å². The van der Waals surface area contributed by atoms with Crippen LogP contribution in [0.15, 0.2) is 42.9 Å². The maximum Gasteiger partial charge on any atom is 0.251 e. The summed E-state index contributed by atoms with van der Waals surface area (Å²) in [6.45, 7) is 3.59. The number of nitrogens with zero attached hydrogens (tertiary/aromatic N) is 3. The zero-order valence-electron chi connectivity index (χ0n) is 20.3. The molecular weight excluding hydrogens is 442 g/mol. The number of carbonyl (C=O) groups is 1. The molecule has 1 fully saturated rings. The molecule has 2 aromatic heterocycles. The van der Waals surface area contributed by atoms with E-state index in [0.29, 0.717) is 23.7 Å².